The number of thiocarbonyl (C=S) groups is 1. The van der Waals surface area contributed by atoms with Crippen LogP contribution in [0.1, 0.15) is 43.0 Å². The Morgan fingerprint density at radius 1 is 1.63 bits per heavy atom. The summed E-state index contributed by atoms with van der Waals surface area (Å²) in [4.78, 5) is 16.3. The molecule has 0 saturated carbocycles. The zero-order chi connectivity index (χ0) is 14.0. The summed E-state index contributed by atoms with van der Waals surface area (Å²) in [5.74, 6) is 0.161. The van der Waals surface area contributed by atoms with E-state index >= 15 is 0 Å². The summed E-state index contributed by atoms with van der Waals surface area (Å²) in [6, 6.07) is 2.22. The Bertz CT molecular complexity index is 482. The van der Waals surface area contributed by atoms with E-state index in [1.54, 1.807) is 16.2 Å². The first kappa shape index (κ1) is 14.5. The number of nitrogens with zero attached hydrogens (tertiary/aromatic N) is 1. The third kappa shape index (κ3) is 3.15. The molecule has 104 valence electrons. The fourth-order valence-corrected chi connectivity index (χ4v) is 3.75. The molecule has 0 radical (unpaired) electrons. The Morgan fingerprint density at radius 3 is 3.00 bits per heavy atom. The molecule has 1 aliphatic rings. The van der Waals surface area contributed by atoms with Crippen molar-refractivity contribution in [2.45, 2.75) is 45.1 Å². The van der Waals surface area contributed by atoms with Crippen LogP contribution in [0.3, 0.4) is 0 Å². The van der Waals surface area contributed by atoms with Crippen molar-refractivity contribution < 1.29 is 4.79 Å². The number of hydrogen-bond donors (Lipinski definition) is 1. The van der Waals surface area contributed by atoms with Gasteiger partial charge in [0.1, 0.15) is 0 Å². The lowest BCUT2D eigenvalue weighted by molar-refractivity contribution is -0.134. The maximum atomic E-state index is 12.8. The van der Waals surface area contributed by atoms with Crippen LogP contribution in [0.15, 0.2) is 11.4 Å². The summed E-state index contributed by atoms with van der Waals surface area (Å²) < 4.78 is 0. The maximum absolute atomic E-state index is 12.8. The van der Waals surface area contributed by atoms with E-state index in [2.05, 4.69) is 11.4 Å². The van der Waals surface area contributed by atoms with Crippen LogP contribution in [0.2, 0.25) is 0 Å². The first-order valence-electron chi connectivity index (χ1n) is 6.65. The Labute approximate surface area is 123 Å². The highest BCUT2D eigenvalue weighted by atomic mass is 32.1. The number of carbonyl (C=O) groups is 1. The minimum absolute atomic E-state index is 0.00764. The van der Waals surface area contributed by atoms with Crippen molar-refractivity contribution in [1.29, 1.82) is 0 Å². The molecule has 1 unspecified atom stereocenters. The molecule has 3 nitrogen and oxygen atoms in total. The average Bonchev–Trinajstić information content (AvgIpc) is 2.82. The topological polar surface area (TPSA) is 46.3 Å². The van der Waals surface area contributed by atoms with Gasteiger partial charge in [-0.25, -0.2) is 0 Å². The molecule has 1 aromatic heterocycles. The largest absolute Gasteiger partial charge is 0.392 e. The molecule has 0 saturated heterocycles. The SMILES string of the molecule is CC(C)N(CC(N)=S)C(=O)C1CCCc2sccc21. The van der Waals surface area contributed by atoms with Crippen LogP contribution in [0.4, 0.5) is 0 Å². The van der Waals surface area contributed by atoms with Crippen molar-refractivity contribution in [2.75, 3.05) is 6.54 Å². The van der Waals surface area contributed by atoms with Crippen molar-refractivity contribution in [2.24, 2.45) is 5.73 Å². The van der Waals surface area contributed by atoms with Crippen molar-refractivity contribution in [1.82, 2.24) is 4.90 Å². The van der Waals surface area contributed by atoms with Crippen LogP contribution in [0.25, 0.3) is 0 Å². The molecule has 19 heavy (non-hydrogen) atoms. The first-order chi connectivity index (χ1) is 9.00. The normalized spacial score (nSPS) is 18.2. The van der Waals surface area contributed by atoms with Gasteiger partial charge in [-0.15, -0.1) is 11.3 Å². The van der Waals surface area contributed by atoms with Gasteiger partial charge in [0.05, 0.1) is 17.5 Å². The molecule has 0 bridgehead atoms. The number of nitrogens with two attached hydrogens (primary N) is 1. The Morgan fingerprint density at radius 2 is 2.37 bits per heavy atom. The van der Waals surface area contributed by atoms with E-state index in [1.807, 2.05) is 13.8 Å². The summed E-state index contributed by atoms with van der Waals surface area (Å²) >= 11 is 6.72. The molecule has 0 aliphatic heterocycles. The minimum Gasteiger partial charge on any atom is -0.392 e. The average molecular weight is 296 g/mol. The summed E-state index contributed by atoms with van der Waals surface area (Å²) in [5, 5.41) is 2.09. The van der Waals surface area contributed by atoms with Crippen LogP contribution in [0, 0.1) is 0 Å². The Balaban J connectivity index is 2.22. The van der Waals surface area contributed by atoms with E-state index < -0.39 is 0 Å². The number of carbonyl (C=O) groups excluding carboxylic acids is 1. The van der Waals surface area contributed by atoms with Crippen LogP contribution >= 0.6 is 23.6 Å². The predicted octanol–water partition coefficient (Wildman–Crippen LogP) is 2.69. The molecule has 1 amide bonds. The lowest BCUT2D eigenvalue weighted by Crippen LogP contribution is -2.44. The van der Waals surface area contributed by atoms with Gasteiger partial charge >= 0.3 is 0 Å². The first-order valence-corrected chi connectivity index (χ1v) is 7.94. The van der Waals surface area contributed by atoms with Gasteiger partial charge in [-0.3, -0.25) is 4.79 Å². The van der Waals surface area contributed by atoms with Crippen molar-refractivity contribution in [3.63, 3.8) is 0 Å². The molecule has 2 N–H and O–H groups in total. The molecule has 1 aliphatic carbocycles. The second-order valence-electron chi connectivity index (χ2n) is 5.27. The van der Waals surface area contributed by atoms with Gasteiger partial charge in [-0.05, 0) is 50.1 Å². The van der Waals surface area contributed by atoms with Crippen LogP contribution in [-0.4, -0.2) is 28.4 Å². The highest BCUT2D eigenvalue weighted by Crippen LogP contribution is 2.36. The van der Waals surface area contributed by atoms with E-state index in [0.717, 1.165) is 19.3 Å². The smallest absolute Gasteiger partial charge is 0.230 e. The molecule has 0 fully saturated rings. The standard InChI is InChI=1S/C14H20N2OS2/c1-9(2)16(8-13(15)18)14(17)11-4-3-5-12-10(11)6-7-19-12/h6-7,9,11H,3-5,8H2,1-2H3,(H2,15,18). The van der Waals surface area contributed by atoms with Gasteiger partial charge in [0.25, 0.3) is 0 Å². The Hall–Kier alpha value is -0.940. The predicted molar refractivity (Wildman–Crippen MR) is 83.6 cm³/mol. The van der Waals surface area contributed by atoms with Gasteiger partial charge in [-0.2, -0.15) is 0 Å². The fraction of sp³-hybridized carbons (Fsp3) is 0.571. The van der Waals surface area contributed by atoms with Crippen LogP contribution < -0.4 is 5.73 Å². The van der Waals surface area contributed by atoms with E-state index in [0.29, 0.717) is 11.5 Å². The van der Waals surface area contributed by atoms with Crippen LogP contribution in [0.5, 0.6) is 0 Å². The number of hydrogen-bond acceptors (Lipinski definition) is 3. The minimum atomic E-state index is -0.00764. The van der Waals surface area contributed by atoms with E-state index in [1.165, 1.54) is 10.4 Å². The zero-order valence-corrected chi connectivity index (χ0v) is 13.0. The molecule has 5 heteroatoms. The molecular formula is C14H20N2OS2. The zero-order valence-electron chi connectivity index (χ0n) is 11.4. The third-order valence-electron chi connectivity index (χ3n) is 3.58. The van der Waals surface area contributed by atoms with Gasteiger partial charge in [0.2, 0.25) is 5.91 Å². The van der Waals surface area contributed by atoms with Gasteiger partial charge in [-0.1, -0.05) is 12.2 Å². The van der Waals surface area contributed by atoms with E-state index in [9.17, 15) is 4.79 Å². The molecular weight excluding hydrogens is 276 g/mol. The molecule has 1 aromatic rings. The molecule has 2 rings (SSSR count). The Kier molecular flexibility index (Phi) is 4.58. The second-order valence-corrected chi connectivity index (χ2v) is 6.80. The molecule has 0 aromatic carbocycles. The quantitative estimate of drug-likeness (QED) is 0.869. The number of aryl methyl sites for hydroxylation is 1. The number of amides is 1. The second kappa shape index (κ2) is 6.01. The lowest BCUT2D eigenvalue weighted by atomic mass is 9.86. The van der Waals surface area contributed by atoms with Gasteiger partial charge in [0, 0.05) is 10.9 Å². The third-order valence-corrected chi connectivity index (χ3v) is 4.71. The summed E-state index contributed by atoms with van der Waals surface area (Å²) in [5.41, 5.74) is 6.83. The fourth-order valence-electron chi connectivity index (χ4n) is 2.63. The maximum Gasteiger partial charge on any atom is 0.230 e. The molecule has 1 heterocycles. The van der Waals surface area contributed by atoms with Crippen molar-refractivity contribution >= 4 is 34.5 Å². The van der Waals surface area contributed by atoms with Crippen molar-refractivity contribution in [3.8, 4) is 0 Å². The van der Waals surface area contributed by atoms with Crippen molar-refractivity contribution in [3.05, 3.63) is 21.9 Å². The summed E-state index contributed by atoms with van der Waals surface area (Å²) in [6.07, 6.45) is 3.12. The highest BCUT2D eigenvalue weighted by molar-refractivity contribution is 7.80. The summed E-state index contributed by atoms with van der Waals surface area (Å²) in [6.45, 7) is 4.39. The van der Waals surface area contributed by atoms with Crippen LogP contribution in [-0.2, 0) is 11.2 Å². The van der Waals surface area contributed by atoms with E-state index in [-0.39, 0.29) is 17.9 Å². The summed E-state index contributed by atoms with van der Waals surface area (Å²) in [7, 11) is 0. The number of thiophene rings is 1. The highest BCUT2D eigenvalue weighted by Gasteiger charge is 2.31. The number of rotatable bonds is 4. The van der Waals surface area contributed by atoms with Gasteiger partial charge < -0.3 is 10.6 Å². The molecule has 0 spiro atoms. The lowest BCUT2D eigenvalue weighted by Gasteiger charge is -2.32. The molecule has 1 atom stereocenters. The monoisotopic (exact) mass is 296 g/mol. The van der Waals surface area contributed by atoms with Gasteiger partial charge in [0.15, 0.2) is 0 Å². The van der Waals surface area contributed by atoms with E-state index in [4.69, 9.17) is 18.0 Å². The number of fused-ring (bicyclic) bond motifs is 1.